The molecule has 0 unspecified atom stereocenters. The summed E-state index contributed by atoms with van der Waals surface area (Å²) < 4.78 is 0. The molecule has 1 amide bonds. The highest BCUT2D eigenvalue weighted by Gasteiger charge is 2.43. The molecule has 2 bridgehead atoms. The highest BCUT2D eigenvalue weighted by Crippen LogP contribution is 2.48. The van der Waals surface area contributed by atoms with Crippen molar-refractivity contribution in [2.75, 3.05) is 5.32 Å². The molecule has 3 atom stereocenters. The molecule has 0 aromatic heterocycles. The zero-order valence-electron chi connectivity index (χ0n) is 11.2. The molecule has 18 heavy (non-hydrogen) atoms. The summed E-state index contributed by atoms with van der Waals surface area (Å²) in [6, 6.07) is 6.20. The second-order valence-electron chi connectivity index (χ2n) is 6.09. The third kappa shape index (κ3) is 2.05. The summed E-state index contributed by atoms with van der Waals surface area (Å²) in [5, 5.41) is 3.13. The van der Waals surface area contributed by atoms with E-state index < -0.39 is 0 Å². The number of nitrogens with one attached hydrogen (secondary N) is 1. The normalized spacial score (nSPS) is 29.6. The van der Waals surface area contributed by atoms with Crippen LogP contribution in [0.1, 0.15) is 36.8 Å². The van der Waals surface area contributed by atoms with Crippen LogP contribution in [-0.2, 0) is 4.79 Å². The van der Waals surface area contributed by atoms with Crippen LogP contribution in [0.5, 0.6) is 0 Å². The molecule has 0 saturated heterocycles. The number of carbonyl (C=O) groups excluding carboxylic acids is 1. The molecule has 3 rings (SSSR count). The van der Waals surface area contributed by atoms with E-state index in [-0.39, 0.29) is 11.8 Å². The van der Waals surface area contributed by atoms with Crippen LogP contribution >= 0.6 is 0 Å². The lowest BCUT2D eigenvalue weighted by Gasteiger charge is -2.21. The van der Waals surface area contributed by atoms with Gasteiger partial charge in [-0.15, -0.1) is 0 Å². The van der Waals surface area contributed by atoms with Crippen molar-refractivity contribution in [1.29, 1.82) is 0 Å². The van der Waals surface area contributed by atoms with Crippen molar-refractivity contribution >= 4 is 11.6 Å². The number of amides is 1. The first-order valence-electron chi connectivity index (χ1n) is 7.01. The number of carbonyl (C=O) groups is 1. The number of benzene rings is 1. The number of hydrogen-bond donors (Lipinski definition) is 1. The van der Waals surface area contributed by atoms with E-state index in [2.05, 4.69) is 31.3 Å². The zero-order valence-corrected chi connectivity index (χ0v) is 11.2. The van der Waals surface area contributed by atoms with Crippen LogP contribution in [0.2, 0.25) is 0 Å². The molecule has 2 saturated carbocycles. The molecule has 2 nitrogen and oxygen atoms in total. The molecule has 2 heteroatoms. The molecule has 2 aliphatic rings. The van der Waals surface area contributed by atoms with Crippen LogP contribution < -0.4 is 5.32 Å². The van der Waals surface area contributed by atoms with Crippen LogP contribution in [0.4, 0.5) is 5.69 Å². The molecule has 1 aromatic rings. The summed E-state index contributed by atoms with van der Waals surface area (Å²) in [4.78, 5) is 12.3. The van der Waals surface area contributed by atoms with Crippen molar-refractivity contribution in [2.24, 2.45) is 17.8 Å². The van der Waals surface area contributed by atoms with Gasteiger partial charge in [-0.3, -0.25) is 4.79 Å². The van der Waals surface area contributed by atoms with Crippen molar-refractivity contribution in [3.8, 4) is 0 Å². The molecule has 2 fully saturated rings. The third-order valence-corrected chi connectivity index (χ3v) is 4.71. The maximum absolute atomic E-state index is 12.3. The van der Waals surface area contributed by atoms with E-state index in [0.717, 1.165) is 23.6 Å². The smallest absolute Gasteiger partial charge is 0.227 e. The van der Waals surface area contributed by atoms with Gasteiger partial charge in [-0.05, 0) is 56.6 Å². The van der Waals surface area contributed by atoms with Crippen molar-refractivity contribution in [2.45, 2.75) is 39.5 Å². The summed E-state index contributed by atoms with van der Waals surface area (Å²) in [6.45, 7) is 4.14. The molecular formula is C16H21NO. The second-order valence-corrected chi connectivity index (χ2v) is 6.09. The Bertz CT molecular complexity index is 480. The molecule has 0 radical (unpaired) electrons. The highest BCUT2D eigenvalue weighted by atomic mass is 16.1. The molecule has 1 N–H and O–H groups in total. The molecule has 0 heterocycles. The number of anilines is 1. The Morgan fingerprint density at radius 3 is 2.67 bits per heavy atom. The van der Waals surface area contributed by atoms with E-state index in [9.17, 15) is 4.79 Å². The van der Waals surface area contributed by atoms with Gasteiger partial charge in [-0.2, -0.15) is 0 Å². The first-order chi connectivity index (χ1) is 8.63. The molecule has 0 spiro atoms. The first kappa shape index (κ1) is 11.8. The predicted octanol–water partition coefficient (Wildman–Crippen LogP) is 3.68. The van der Waals surface area contributed by atoms with Crippen molar-refractivity contribution < 1.29 is 4.79 Å². The van der Waals surface area contributed by atoms with Crippen LogP contribution in [-0.4, -0.2) is 5.91 Å². The lowest BCUT2D eigenvalue weighted by Crippen LogP contribution is -2.27. The average Bonchev–Trinajstić information content (AvgIpc) is 2.94. The molecule has 96 valence electrons. The molecular weight excluding hydrogens is 222 g/mol. The minimum absolute atomic E-state index is 0.245. The lowest BCUT2D eigenvalue weighted by atomic mass is 9.88. The van der Waals surface area contributed by atoms with E-state index in [1.165, 1.54) is 24.8 Å². The lowest BCUT2D eigenvalue weighted by molar-refractivity contribution is -0.121. The number of hydrogen-bond acceptors (Lipinski definition) is 1. The van der Waals surface area contributed by atoms with Crippen molar-refractivity contribution in [3.05, 3.63) is 29.3 Å². The topological polar surface area (TPSA) is 29.1 Å². The largest absolute Gasteiger partial charge is 0.326 e. The van der Waals surface area contributed by atoms with Crippen LogP contribution in [0.25, 0.3) is 0 Å². The van der Waals surface area contributed by atoms with Crippen LogP contribution in [0.3, 0.4) is 0 Å². The highest BCUT2D eigenvalue weighted by molar-refractivity contribution is 5.93. The van der Waals surface area contributed by atoms with E-state index in [0.29, 0.717) is 5.92 Å². The van der Waals surface area contributed by atoms with Gasteiger partial charge in [0, 0.05) is 11.6 Å². The van der Waals surface area contributed by atoms with Gasteiger partial charge in [0.25, 0.3) is 0 Å². The number of rotatable bonds is 2. The molecule has 2 aliphatic carbocycles. The van der Waals surface area contributed by atoms with Gasteiger partial charge >= 0.3 is 0 Å². The Kier molecular flexibility index (Phi) is 2.89. The molecule has 1 aromatic carbocycles. The third-order valence-electron chi connectivity index (χ3n) is 4.71. The van der Waals surface area contributed by atoms with E-state index in [1.807, 2.05) is 6.07 Å². The van der Waals surface area contributed by atoms with E-state index in [4.69, 9.17) is 0 Å². The quantitative estimate of drug-likeness (QED) is 0.843. The number of aryl methyl sites for hydroxylation is 2. The Balaban J connectivity index is 1.71. The van der Waals surface area contributed by atoms with E-state index in [1.54, 1.807) is 0 Å². The van der Waals surface area contributed by atoms with Gasteiger partial charge in [0.15, 0.2) is 0 Å². The Labute approximate surface area is 109 Å². The fourth-order valence-corrected chi connectivity index (χ4v) is 3.75. The summed E-state index contributed by atoms with van der Waals surface area (Å²) in [6.07, 6.45) is 5.00. The minimum Gasteiger partial charge on any atom is -0.326 e. The summed E-state index contributed by atoms with van der Waals surface area (Å²) in [5.41, 5.74) is 3.38. The maximum atomic E-state index is 12.3. The van der Waals surface area contributed by atoms with Crippen LogP contribution in [0.15, 0.2) is 18.2 Å². The van der Waals surface area contributed by atoms with Crippen molar-refractivity contribution in [3.63, 3.8) is 0 Å². The Morgan fingerprint density at radius 2 is 2.06 bits per heavy atom. The minimum atomic E-state index is 0.245. The standard InChI is InChI=1S/C16H21NO/c1-10-3-6-15(11(2)7-10)17-16(18)14-9-12-4-5-13(14)8-12/h3,6-7,12-14H,4-5,8-9H2,1-2H3,(H,17,18)/t12-,13-,14+/m0/s1. The van der Waals surface area contributed by atoms with Crippen LogP contribution in [0, 0.1) is 31.6 Å². The second kappa shape index (κ2) is 4.42. The van der Waals surface area contributed by atoms with Gasteiger partial charge in [0.1, 0.15) is 0 Å². The summed E-state index contributed by atoms with van der Waals surface area (Å²) in [7, 11) is 0. The Morgan fingerprint density at radius 1 is 1.22 bits per heavy atom. The maximum Gasteiger partial charge on any atom is 0.227 e. The first-order valence-corrected chi connectivity index (χ1v) is 7.01. The van der Waals surface area contributed by atoms with E-state index >= 15 is 0 Å². The fraction of sp³-hybridized carbons (Fsp3) is 0.562. The van der Waals surface area contributed by atoms with Gasteiger partial charge in [0.05, 0.1) is 0 Å². The van der Waals surface area contributed by atoms with Gasteiger partial charge in [0.2, 0.25) is 5.91 Å². The fourth-order valence-electron chi connectivity index (χ4n) is 3.75. The predicted molar refractivity (Wildman–Crippen MR) is 73.5 cm³/mol. The summed E-state index contributed by atoms with van der Waals surface area (Å²) in [5.74, 6) is 1.99. The summed E-state index contributed by atoms with van der Waals surface area (Å²) >= 11 is 0. The van der Waals surface area contributed by atoms with Gasteiger partial charge < -0.3 is 5.32 Å². The van der Waals surface area contributed by atoms with Gasteiger partial charge in [-0.1, -0.05) is 24.1 Å². The number of fused-ring (bicyclic) bond motifs is 2. The monoisotopic (exact) mass is 243 g/mol. The van der Waals surface area contributed by atoms with Gasteiger partial charge in [-0.25, -0.2) is 0 Å². The molecule has 0 aliphatic heterocycles. The Hall–Kier alpha value is -1.31. The zero-order chi connectivity index (χ0) is 12.7. The SMILES string of the molecule is Cc1ccc(NC(=O)[C@@H]2C[C@H]3CC[C@H]2C3)c(C)c1. The average molecular weight is 243 g/mol. The van der Waals surface area contributed by atoms with Crippen molar-refractivity contribution in [1.82, 2.24) is 0 Å².